The van der Waals surface area contributed by atoms with Crippen molar-refractivity contribution in [1.82, 2.24) is 0 Å². The van der Waals surface area contributed by atoms with E-state index in [4.69, 9.17) is 4.52 Å². The van der Waals surface area contributed by atoms with Gasteiger partial charge in [0.25, 0.3) is 0 Å². The van der Waals surface area contributed by atoms with Crippen LogP contribution in [0.3, 0.4) is 0 Å². The van der Waals surface area contributed by atoms with Crippen molar-refractivity contribution in [3.05, 3.63) is 70.8 Å². The topological polar surface area (TPSA) is 66.8 Å². The maximum atomic E-state index is 11.3. The molecule has 0 aliphatic rings. The predicted octanol–water partition coefficient (Wildman–Crippen LogP) is 4.59. The average molecular weight is 362 g/mol. The smallest absolute Gasteiger partial charge is 0.303 e. The van der Waals surface area contributed by atoms with Gasteiger partial charge < -0.3 is 9.79 Å². The van der Waals surface area contributed by atoms with Crippen molar-refractivity contribution in [1.29, 1.82) is 0 Å². The fourth-order valence-corrected chi connectivity index (χ4v) is 3.46. The second-order valence-corrected chi connectivity index (χ2v) is 8.18. The van der Waals surface area contributed by atoms with Crippen LogP contribution in [-0.4, -0.2) is 16.4 Å². The largest absolute Gasteiger partial charge is 0.469 e. The zero-order chi connectivity index (χ0) is 18.5. The molecule has 0 amide bonds. The third-order valence-corrected chi connectivity index (χ3v) is 5.15. The maximum Gasteiger partial charge on any atom is 0.469 e. The van der Waals surface area contributed by atoms with Crippen LogP contribution in [0.15, 0.2) is 48.5 Å². The average Bonchev–Trinajstić information content (AvgIpc) is 2.56. The van der Waals surface area contributed by atoms with E-state index in [2.05, 4.69) is 48.5 Å². The molecule has 2 N–H and O–H groups in total. The fourth-order valence-electron chi connectivity index (χ4n) is 3.02. The first-order valence-corrected chi connectivity index (χ1v) is 10.1. The number of benzene rings is 2. The number of aryl methyl sites for hydroxylation is 2. The fraction of sp³-hybridized carbons (Fsp3) is 0.400. The molecule has 2 rings (SSSR count). The minimum absolute atomic E-state index is 0.0233. The molecule has 0 aromatic heterocycles. The lowest BCUT2D eigenvalue weighted by Crippen LogP contribution is -2.31. The number of phosphoric acid groups is 1. The van der Waals surface area contributed by atoms with Crippen LogP contribution in [0.1, 0.15) is 35.6 Å². The van der Waals surface area contributed by atoms with Crippen molar-refractivity contribution < 1.29 is 18.9 Å². The molecule has 0 fully saturated rings. The second kappa shape index (κ2) is 8.29. The third kappa shape index (κ3) is 6.41. The van der Waals surface area contributed by atoms with Crippen molar-refractivity contribution in [3.8, 4) is 0 Å². The van der Waals surface area contributed by atoms with Gasteiger partial charge in [-0.05, 0) is 44.2 Å². The van der Waals surface area contributed by atoms with Crippen LogP contribution < -0.4 is 0 Å². The van der Waals surface area contributed by atoms with Gasteiger partial charge in [0.05, 0.1) is 6.61 Å². The molecular formula is C20H27O4P. The van der Waals surface area contributed by atoms with Gasteiger partial charge in [-0.15, -0.1) is 0 Å². The number of hydrogen-bond donors (Lipinski definition) is 2. The highest BCUT2D eigenvalue weighted by molar-refractivity contribution is 7.46. The number of rotatable bonds is 8. The molecule has 25 heavy (non-hydrogen) atoms. The molecule has 4 nitrogen and oxygen atoms in total. The highest BCUT2D eigenvalue weighted by Crippen LogP contribution is 2.41. The summed E-state index contributed by atoms with van der Waals surface area (Å²) in [6, 6.07) is 16.5. The third-order valence-electron chi connectivity index (χ3n) is 4.69. The lowest BCUT2D eigenvalue weighted by molar-refractivity contribution is 0.101. The van der Waals surface area contributed by atoms with Gasteiger partial charge in [0.2, 0.25) is 0 Å². The molecule has 0 aliphatic carbocycles. The molecule has 0 bridgehead atoms. The predicted molar refractivity (Wildman–Crippen MR) is 100 cm³/mol. The first kappa shape index (κ1) is 19.9. The summed E-state index contributed by atoms with van der Waals surface area (Å²) in [4.78, 5) is 18.3. The van der Waals surface area contributed by atoms with E-state index in [1.807, 2.05) is 20.8 Å². The molecule has 2 aromatic carbocycles. The number of hydrogen-bond acceptors (Lipinski definition) is 2. The van der Waals surface area contributed by atoms with E-state index >= 15 is 0 Å². The van der Waals surface area contributed by atoms with Gasteiger partial charge in [-0.3, -0.25) is 4.52 Å². The Morgan fingerprint density at radius 1 is 0.880 bits per heavy atom. The Morgan fingerprint density at radius 2 is 1.28 bits per heavy atom. The van der Waals surface area contributed by atoms with E-state index in [0.717, 1.165) is 17.5 Å². The summed E-state index contributed by atoms with van der Waals surface area (Å²) >= 11 is 0. The zero-order valence-electron chi connectivity index (χ0n) is 15.1. The van der Waals surface area contributed by atoms with Crippen LogP contribution in [0.25, 0.3) is 0 Å². The maximum absolute atomic E-state index is 11.3. The molecule has 5 heteroatoms. The van der Waals surface area contributed by atoms with E-state index in [0.29, 0.717) is 12.8 Å². The van der Waals surface area contributed by atoms with Gasteiger partial charge in [0.15, 0.2) is 0 Å². The Hall–Kier alpha value is -1.45. The number of phosphoric ester groups is 1. The Labute approximate surface area is 150 Å². The first-order valence-electron chi connectivity index (χ1n) is 8.52. The van der Waals surface area contributed by atoms with Crippen LogP contribution >= 0.6 is 7.82 Å². The lowest BCUT2D eigenvalue weighted by atomic mass is 9.75. The monoisotopic (exact) mass is 362 g/mol. The molecule has 2 aromatic rings. The van der Waals surface area contributed by atoms with Crippen LogP contribution in [-0.2, 0) is 21.9 Å². The van der Waals surface area contributed by atoms with Crippen LogP contribution in [0, 0.1) is 19.3 Å². The van der Waals surface area contributed by atoms with E-state index in [9.17, 15) is 14.4 Å². The van der Waals surface area contributed by atoms with Crippen LogP contribution in [0.2, 0.25) is 0 Å². The molecule has 0 atom stereocenters. The Balaban J connectivity index is 2.28. The molecule has 0 saturated carbocycles. The van der Waals surface area contributed by atoms with Gasteiger partial charge in [-0.1, -0.05) is 66.6 Å². The highest BCUT2D eigenvalue weighted by atomic mass is 31.2. The van der Waals surface area contributed by atoms with Gasteiger partial charge in [0, 0.05) is 5.41 Å². The van der Waals surface area contributed by atoms with Gasteiger partial charge >= 0.3 is 7.82 Å². The SMILES string of the molecule is CCC(COP(=O)(O)O)(Cc1ccc(C)cc1)Cc1ccc(C)cc1. The quantitative estimate of drug-likeness (QED) is 0.674. The van der Waals surface area contributed by atoms with E-state index < -0.39 is 7.82 Å². The molecule has 0 aliphatic heterocycles. The zero-order valence-corrected chi connectivity index (χ0v) is 16.0. The molecule has 0 unspecified atom stereocenters. The molecule has 0 radical (unpaired) electrons. The van der Waals surface area contributed by atoms with Gasteiger partial charge in [0.1, 0.15) is 0 Å². The molecule has 0 saturated heterocycles. The summed E-state index contributed by atoms with van der Waals surface area (Å²) in [6.07, 6.45) is 2.17. The van der Waals surface area contributed by atoms with Crippen molar-refractivity contribution in [2.75, 3.05) is 6.61 Å². The molecule has 0 spiro atoms. The van der Waals surface area contributed by atoms with Crippen molar-refractivity contribution in [2.45, 2.75) is 40.0 Å². The Kier molecular flexibility index (Phi) is 6.59. The second-order valence-electron chi connectivity index (χ2n) is 6.94. The standard InChI is InChI=1S/C20H27O4P/c1-4-20(15-24-25(21,22)23,13-18-9-5-16(2)6-10-18)14-19-11-7-17(3)8-12-19/h5-12H,4,13-15H2,1-3H3,(H2,21,22,23). The Morgan fingerprint density at radius 3 is 1.60 bits per heavy atom. The summed E-state index contributed by atoms with van der Waals surface area (Å²) in [6.45, 7) is 6.15. The van der Waals surface area contributed by atoms with Crippen molar-refractivity contribution >= 4 is 7.82 Å². The lowest BCUT2D eigenvalue weighted by Gasteiger charge is -2.33. The van der Waals surface area contributed by atoms with Crippen molar-refractivity contribution in [3.63, 3.8) is 0 Å². The Bertz CT molecular complexity index is 669. The summed E-state index contributed by atoms with van der Waals surface area (Å²) in [5.74, 6) is 0. The van der Waals surface area contributed by atoms with Crippen molar-refractivity contribution in [2.24, 2.45) is 5.41 Å². The van der Waals surface area contributed by atoms with Gasteiger partial charge in [-0.25, -0.2) is 4.57 Å². The summed E-state index contributed by atoms with van der Waals surface area (Å²) < 4.78 is 16.2. The summed E-state index contributed by atoms with van der Waals surface area (Å²) in [5, 5.41) is 0. The molecular weight excluding hydrogens is 335 g/mol. The van der Waals surface area contributed by atoms with Crippen LogP contribution in [0.5, 0.6) is 0 Å². The minimum Gasteiger partial charge on any atom is -0.303 e. The summed E-state index contributed by atoms with van der Waals surface area (Å²) in [5.41, 5.74) is 4.31. The first-order chi connectivity index (χ1) is 11.7. The normalized spacial score (nSPS) is 12.4. The van der Waals surface area contributed by atoms with E-state index in [-0.39, 0.29) is 12.0 Å². The molecule has 0 heterocycles. The van der Waals surface area contributed by atoms with Gasteiger partial charge in [-0.2, -0.15) is 0 Å². The highest BCUT2D eigenvalue weighted by Gasteiger charge is 2.32. The van der Waals surface area contributed by atoms with Crippen LogP contribution in [0.4, 0.5) is 0 Å². The van der Waals surface area contributed by atoms with E-state index in [1.165, 1.54) is 11.1 Å². The summed E-state index contributed by atoms with van der Waals surface area (Å²) in [7, 11) is -4.50. The molecule has 136 valence electrons. The minimum atomic E-state index is -4.50. The van der Waals surface area contributed by atoms with E-state index in [1.54, 1.807) is 0 Å².